The molecule has 176 valence electrons. The van der Waals surface area contributed by atoms with Crippen LogP contribution in [0.3, 0.4) is 0 Å². The van der Waals surface area contributed by atoms with E-state index < -0.39 is 30.9 Å². The van der Waals surface area contributed by atoms with Crippen molar-refractivity contribution in [1.82, 2.24) is 10.6 Å². The fourth-order valence-electron chi connectivity index (χ4n) is 4.17. The van der Waals surface area contributed by atoms with E-state index in [0.29, 0.717) is 43.1 Å². The minimum Gasteiger partial charge on any atom is -0.486 e. The summed E-state index contributed by atoms with van der Waals surface area (Å²) in [5, 5.41) is 5.40. The summed E-state index contributed by atoms with van der Waals surface area (Å²) in [7, 11) is 1.49. The Morgan fingerprint density at radius 1 is 1.12 bits per heavy atom. The van der Waals surface area contributed by atoms with Crippen molar-refractivity contribution in [2.75, 3.05) is 33.5 Å². The van der Waals surface area contributed by atoms with Gasteiger partial charge in [0.1, 0.15) is 18.5 Å². The van der Waals surface area contributed by atoms with Crippen molar-refractivity contribution < 1.29 is 28.2 Å². The van der Waals surface area contributed by atoms with E-state index in [2.05, 4.69) is 10.6 Å². The zero-order valence-electron chi connectivity index (χ0n) is 18.4. The maximum absolute atomic E-state index is 13.9. The highest BCUT2D eigenvalue weighted by atomic mass is 19.1. The van der Waals surface area contributed by atoms with Crippen LogP contribution in [-0.4, -0.2) is 63.7 Å². The summed E-state index contributed by atoms with van der Waals surface area (Å²) >= 11 is 0. The van der Waals surface area contributed by atoms with E-state index in [0.717, 1.165) is 5.56 Å². The smallest absolute Gasteiger partial charge is 0.254 e. The highest BCUT2D eigenvalue weighted by Crippen LogP contribution is 2.45. The Kier molecular flexibility index (Phi) is 7.22. The van der Waals surface area contributed by atoms with Gasteiger partial charge >= 0.3 is 0 Å². The molecule has 2 atom stereocenters. The number of fused-ring (bicyclic) bond motifs is 1. The number of hydrogen-bond donors (Lipinski definition) is 3. The number of carbonyl (C=O) groups is 2. The number of hydrogen-bond acceptors (Lipinski definition) is 6. The van der Waals surface area contributed by atoms with Gasteiger partial charge in [-0.25, -0.2) is 4.39 Å². The van der Waals surface area contributed by atoms with Gasteiger partial charge in [-0.05, 0) is 17.7 Å². The monoisotopic (exact) mass is 457 g/mol. The van der Waals surface area contributed by atoms with Crippen LogP contribution < -0.4 is 21.1 Å². The number of halogens is 1. The van der Waals surface area contributed by atoms with Gasteiger partial charge in [0, 0.05) is 31.1 Å². The van der Waals surface area contributed by atoms with Crippen molar-refractivity contribution >= 4 is 11.8 Å². The Morgan fingerprint density at radius 2 is 1.85 bits per heavy atom. The predicted octanol–water partition coefficient (Wildman–Crippen LogP) is 1.73. The summed E-state index contributed by atoms with van der Waals surface area (Å²) in [6, 6.07) is 12.4. The number of benzene rings is 2. The van der Waals surface area contributed by atoms with E-state index in [1.165, 1.54) is 13.1 Å². The molecule has 2 aliphatic heterocycles. The van der Waals surface area contributed by atoms with Gasteiger partial charge < -0.3 is 30.6 Å². The van der Waals surface area contributed by atoms with Crippen LogP contribution >= 0.6 is 0 Å². The largest absolute Gasteiger partial charge is 0.486 e. The molecular weight excluding hydrogens is 429 g/mol. The van der Waals surface area contributed by atoms with Crippen LogP contribution in [0.5, 0.6) is 5.75 Å². The molecule has 4 rings (SSSR count). The van der Waals surface area contributed by atoms with Crippen LogP contribution in [0.2, 0.25) is 0 Å². The van der Waals surface area contributed by atoms with Gasteiger partial charge in [-0.2, -0.15) is 0 Å². The van der Waals surface area contributed by atoms with Gasteiger partial charge in [0.15, 0.2) is 6.29 Å². The molecule has 8 nitrogen and oxygen atoms in total. The molecule has 2 amide bonds. The number of nitrogens with two attached hydrogens (primary N) is 1. The molecule has 0 radical (unpaired) electrons. The first kappa shape index (κ1) is 23.2. The Hall–Kier alpha value is -3.01. The molecule has 2 aromatic rings. The predicted molar refractivity (Wildman–Crippen MR) is 119 cm³/mol. The van der Waals surface area contributed by atoms with Gasteiger partial charge in [0.2, 0.25) is 0 Å². The molecule has 0 spiro atoms. The number of amides is 2. The van der Waals surface area contributed by atoms with Gasteiger partial charge in [-0.3, -0.25) is 9.59 Å². The van der Waals surface area contributed by atoms with E-state index in [4.69, 9.17) is 19.9 Å². The first-order chi connectivity index (χ1) is 16.0. The summed E-state index contributed by atoms with van der Waals surface area (Å²) in [5.74, 6) is -0.892. The molecule has 0 aromatic heterocycles. The van der Waals surface area contributed by atoms with Gasteiger partial charge in [0.25, 0.3) is 11.8 Å². The first-order valence-electron chi connectivity index (χ1n) is 11.0. The van der Waals surface area contributed by atoms with Gasteiger partial charge in [0.05, 0.1) is 30.7 Å². The van der Waals surface area contributed by atoms with Crippen molar-refractivity contribution in [3.8, 4) is 5.75 Å². The molecule has 4 N–H and O–H groups in total. The average molecular weight is 458 g/mol. The van der Waals surface area contributed by atoms with Crippen LogP contribution in [0.25, 0.3) is 0 Å². The first-order valence-corrected chi connectivity index (χ1v) is 11.0. The van der Waals surface area contributed by atoms with E-state index >= 15 is 0 Å². The number of alkyl halides is 1. The molecule has 2 aromatic carbocycles. The number of carbonyl (C=O) groups excluding carboxylic acids is 2. The molecule has 0 saturated carbocycles. The topological polar surface area (TPSA) is 112 Å². The van der Waals surface area contributed by atoms with Crippen LogP contribution in [0.4, 0.5) is 4.39 Å². The average Bonchev–Trinajstić information content (AvgIpc) is 3.23. The molecule has 33 heavy (non-hydrogen) atoms. The molecule has 1 saturated heterocycles. The summed E-state index contributed by atoms with van der Waals surface area (Å²) in [6.45, 7) is 0.413. The lowest BCUT2D eigenvalue weighted by Crippen LogP contribution is -2.42. The Morgan fingerprint density at radius 3 is 2.52 bits per heavy atom. The van der Waals surface area contributed by atoms with Gasteiger partial charge in [-0.15, -0.1) is 0 Å². The lowest BCUT2D eigenvalue weighted by molar-refractivity contribution is -0.186. The minimum absolute atomic E-state index is 0.140. The summed E-state index contributed by atoms with van der Waals surface area (Å²) in [4.78, 5) is 25.5. The van der Waals surface area contributed by atoms with Crippen LogP contribution in [0.1, 0.15) is 44.2 Å². The lowest BCUT2D eigenvalue weighted by Gasteiger charge is -2.27. The van der Waals surface area contributed by atoms with Crippen molar-refractivity contribution in [1.29, 1.82) is 0 Å². The molecule has 0 bridgehead atoms. The van der Waals surface area contributed by atoms with E-state index in [9.17, 15) is 14.0 Å². The van der Waals surface area contributed by atoms with Crippen LogP contribution in [0, 0.1) is 0 Å². The molecule has 2 heterocycles. The number of rotatable bonds is 7. The fourth-order valence-corrected chi connectivity index (χ4v) is 4.17. The number of ether oxygens (including phenoxy) is 3. The molecule has 0 unspecified atom stereocenters. The zero-order chi connectivity index (χ0) is 23.4. The van der Waals surface area contributed by atoms with Crippen LogP contribution in [-0.2, 0) is 9.47 Å². The maximum Gasteiger partial charge on any atom is 0.254 e. The number of nitrogens with one attached hydrogen (secondary N) is 2. The standard InChI is InChI=1S/C24H28FN3O5/c1-27-24(30)18-10-15(23(29)28-8-7-20-31-12-16(26)13-32-20)9-17-21(14-5-3-2-4-6-14)19(11-25)33-22(17)18/h2-6,9-10,16,19-21H,7-8,11-13,26H2,1H3,(H,27,30)(H,28,29)/t16-,19-,20+,21+/m1/s1. The third-order valence-corrected chi connectivity index (χ3v) is 5.80. The van der Waals surface area contributed by atoms with Crippen LogP contribution in [0.15, 0.2) is 42.5 Å². The second-order valence-corrected chi connectivity index (χ2v) is 8.12. The quantitative estimate of drug-likeness (QED) is 0.584. The minimum atomic E-state index is -0.781. The Bertz CT molecular complexity index is 995. The lowest BCUT2D eigenvalue weighted by atomic mass is 9.86. The van der Waals surface area contributed by atoms with E-state index in [1.807, 2.05) is 30.3 Å². The van der Waals surface area contributed by atoms with Crippen molar-refractivity contribution in [3.63, 3.8) is 0 Å². The molecule has 9 heteroatoms. The molecule has 0 aliphatic carbocycles. The summed E-state index contributed by atoms with van der Waals surface area (Å²) < 4.78 is 30.7. The summed E-state index contributed by atoms with van der Waals surface area (Å²) in [5.41, 5.74) is 7.69. The molecule has 1 fully saturated rings. The molecular formula is C24H28FN3O5. The van der Waals surface area contributed by atoms with Gasteiger partial charge in [-0.1, -0.05) is 30.3 Å². The SMILES string of the molecule is CNC(=O)c1cc(C(=O)NCC[C@H]2OC[C@@H](N)CO2)cc2c1O[C@H](CF)[C@H]2c1ccccc1. The Labute approximate surface area is 191 Å². The second kappa shape index (κ2) is 10.3. The third kappa shape index (κ3) is 5.00. The third-order valence-electron chi connectivity index (χ3n) is 5.80. The van der Waals surface area contributed by atoms with Crippen molar-refractivity contribution in [2.24, 2.45) is 5.73 Å². The second-order valence-electron chi connectivity index (χ2n) is 8.12. The zero-order valence-corrected chi connectivity index (χ0v) is 18.4. The highest BCUT2D eigenvalue weighted by Gasteiger charge is 2.39. The summed E-state index contributed by atoms with van der Waals surface area (Å²) in [6.07, 6.45) is -0.741. The normalized spacial score (nSPS) is 24.0. The maximum atomic E-state index is 13.9. The van der Waals surface area contributed by atoms with Crippen molar-refractivity contribution in [3.05, 3.63) is 64.7 Å². The highest BCUT2D eigenvalue weighted by molar-refractivity contribution is 6.02. The van der Waals surface area contributed by atoms with E-state index in [-0.39, 0.29) is 17.5 Å². The molecule has 2 aliphatic rings. The Balaban J connectivity index is 1.58. The van der Waals surface area contributed by atoms with E-state index in [1.54, 1.807) is 6.07 Å². The van der Waals surface area contributed by atoms with Crippen molar-refractivity contribution in [2.45, 2.75) is 30.8 Å². The fraction of sp³-hybridized carbons (Fsp3) is 0.417.